The molecule has 1 N–H and O–H groups in total. The number of ether oxygens (including phenoxy) is 1. The molecular weight excluding hydrogens is 365 g/mol. The number of amides is 1. The minimum absolute atomic E-state index is 0.0245. The van der Waals surface area contributed by atoms with Gasteiger partial charge in [0, 0.05) is 22.1 Å². The van der Waals surface area contributed by atoms with E-state index in [0.717, 1.165) is 4.47 Å². The lowest BCUT2D eigenvalue weighted by Gasteiger charge is -2.07. The molecule has 4 nitrogen and oxygen atoms in total. The number of halogens is 2. The number of hydrogen-bond donors (Lipinski definition) is 1. The third kappa shape index (κ3) is 5.49. The van der Waals surface area contributed by atoms with Crippen molar-refractivity contribution in [3.63, 3.8) is 0 Å². The first-order chi connectivity index (χ1) is 11.1. The monoisotopic (exact) mass is 379 g/mol. The molecular formula is C17H15BrFNO3. The van der Waals surface area contributed by atoms with Crippen LogP contribution in [0.15, 0.2) is 53.0 Å². The van der Waals surface area contributed by atoms with Crippen molar-refractivity contribution in [2.24, 2.45) is 0 Å². The summed E-state index contributed by atoms with van der Waals surface area (Å²) in [4.78, 5) is 23.4. The summed E-state index contributed by atoms with van der Waals surface area (Å²) in [5.41, 5.74) is 0.827. The highest BCUT2D eigenvalue weighted by molar-refractivity contribution is 9.10. The molecule has 0 saturated carbocycles. The summed E-state index contributed by atoms with van der Waals surface area (Å²) in [6, 6.07) is 13.0. The van der Waals surface area contributed by atoms with Gasteiger partial charge >= 0.3 is 5.97 Å². The molecule has 0 bridgehead atoms. The third-order valence-corrected chi connectivity index (χ3v) is 3.60. The highest BCUT2D eigenvalue weighted by Gasteiger charge is 2.08. The molecule has 0 aliphatic rings. The van der Waals surface area contributed by atoms with Gasteiger partial charge in [0.2, 0.25) is 0 Å². The minimum atomic E-state index is -0.496. The standard InChI is InChI=1S/C17H15BrFNO3/c18-14-7-5-12(6-8-14)17(22)20-10-9-16(21)23-11-13-3-1-2-4-15(13)19/h1-8H,9-11H2,(H,20,22). The van der Waals surface area contributed by atoms with E-state index < -0.39 is 11.8 Å². The van der Waals surface area contributed by atoms with Gasteiger partial charge in [0.05, 0.1) is 6.42 Å². The Balaban J connectivity index is 1.71. The molecule has 0 atom stereocenters. The van der Waals surface area contributed by atoms with E-state index in [4.69, 9.17) is 4.74 Å². The van der Waals surface area contributed by atoms with Gasteiger partial charge in [-0.1, -0.05) is 34.1 Å². The topological polar surface area (TPSA) is 55.4 Å². The lowest BCUT2D eigenvalue weighted by atomic mass is 10.2. The third-order valence-electron chi connectivity index (χ3n) is 3.07. The molecule has 0 aliphatic carbocycles. The Hall–Kier alpha value is -2.21. The summed E-state index contributed by atoms with van der Waals surface area (Å²) in [5.74, 6) is -1.17. The van der Waals surface area contributed by atoms with Crippen LogP contribution in [0.3, 0.4) is 0 Å². The molecule has 0 radical (unpaired) electrons. The molecule has 0 spiro atoms. The molecule has 0 unspecified atom stereocenters. The fourth-order valence-electron chi connectivity index (χ4n) is 1.83. The first-order valence-corrected chi connectivity index (χ1v) is 7.78. The van der Waals surface area contributed by atoms with Crippen LogP contribution in [0.2, 0.25) is 0 Å². The van der Waals surface area contributed by atoms with E-state index in [1.54, 1.807) is 42.5 Å². The van der Waals surface area contributed by atoms with Crippen LogP contribution in [0.4, 0.5) is 4.39 Å². The average Bonchev–Trinajstić information content (AvgIpc) is 2.54. The predicted octanol–water partition coefficient (Wildman–Crippen LogP) is 3.45. The maximum Gasteiger partial charge on any atom is 0.307 e. The van der Waals surface area contributed by atoms with E-state index in [2.05, 4.69) is 21.2 Å². The number of benzene rings is 2. The fourth-order valence-corrected chi connectivity index (χ4v) is 2.09. The zero-order valence-corrected chi connectivity index (χ0v) is 13.8. The van der Waals surface area contributed by atoms with Crippen LogP contribution in [0.1, 0.15) is 22.3 Å². The first-order valence-electron chi connectivity index (χ1n) is 6.99. The first kappa shape index (κ1) is 17.1. The second-order valence-corrected chi connectivity index (χ2v) is 5.68. The summed E-state index contributed by atoms with van der Waals surface area (Å²) in [6.45, 7) is 0.0389. The van der Waals surface area contributed by atoms with Crippen molar-refractivity contribution < 1.29 is 18.7 Å². The number of nitrogens with one attached hydrogen (secondary N) is 1. The van der Waals surface area contributed by atoms with E-state index in [9.17, 15) is 14.0 Å². The summed E-state index contributed by atoms with van der Waals surface area (Å²) in [7, 11) is 0. The number of esters is 1. The SMILES string of the molecule is O=C(CCNC(=O)c1ccc(Br)cc1)OCc1ccccc1F. The lowest BCUT2D eigenvalue weighted by molar-refractivity contribution is -0.144. The van der Waals surface area contributed by atoms with Gasteiger partial charge in [-0.3, -0.25) is 9.59 Å². The lowest BCUT2D eigenvalue weighted by Crippen LogP contribution is -2.26. The summed E-state index contributed by atoms with van der Waals surface area (Å²) >= 11 is 3.29. The van der Waals surface area contributed by atoms with Crippen molar-refractivity contribution in [3.05, 3.63) is 69.9 Å². The number of carbonyl (C=O) groups is 2. The zero-order valence-electron chi connectivity index (χ0n) is 12.2. The summed E-state index contributed by atoms with van der Waals surface area (Å²) in [5, 5.41) is 2.63. The highest BCUT2D eigenvalue weighted by atomic mass is 79.9. The Kier molecular flexibility index (Phi) is 6.29. The van der Waals surface area contributed by atoms with Crippen LogP contribution >= 0.6 is 15.9 Å². The molecule has 1 amide bonds. The summed E-state index contributed by atoms with van der Waals surface area (Å²) in [6.07, 6.45) is 0.0245. The number of rotatable bonds is 6. The van der Waals surface area contributed by atoms with Crippen molar-refractivity contribution in [2.45, 2.75) is 13.0 Å². The van der Waals surface area contributed by atoms with Crippen LogP contribution in [0.5, 0.6) is 0 Å². The van der Waals surface area contributed by atoms with E-state index in [1.807, 2.05) is 0 Å². The van der Waals surface area contributed by atoms with Gasteiger partial charge in [-0.05, 0) is 30.3 Å². The molecule has 2 aromatic carbocycles. The van der Waals surface area contributed by atoms with Crippen LogP contribution < -0.4 is 5.32 Å². The Labute approximate surface area is 141 Å². The van der Waals surface area contributed by atoms with Gasteiger partial charge in [0.25, 0.3) is 5.91 Å². The van der Waals surface area contributed by atoms with E-state index >= 15 is 0 Å². The van der Waals surface area contributed by atoms with Gasteiger partial charge < -0.3 is 10.1 Å². The van der Waals surface area contributed by atoms with Crippen molar-refractivity contribution in [1.82, 2.24) is 5.32 Å². The van der Waals surface area contributed by atoms with Gasteiger partial charge in [0.15, 0.2) is 0 Å². The molecule has 120 valence electrons. The Morgan fingerprint density at radius 1 is 1.09 bits per heavy atom. The normalized spacial score (nSPS) is 10.2. The Bertz CT molecular complexity index is 688. The number of carbonyl (C=O) groups excluding carboxylic acids is 2. The quantitative estimate of drug-likeness (QED) is 0.782. The van der Waals surface area contributed by atoms with Gasteiger partial charge in [0.1, 0.15) is 12.4 Å². The van der Waals surface area contributed by atoms with Crippen LogP contribution in [-0.2, 0) is 16.1 Å². The van der Waals surface area contributed by atoms with Crippen molar-refractivity contribution in [3.8, 4) is 0 Å². The molecule has 0 heterocycles. The predicted molar refractivity (Wildman–Crippen MR) is 87.3 cm³/mol. The van der Waals surface area contributed by atoms with Crippen LogP contribution in [-0.4, -0.2) is 18.4 Å². The smallest absolute Gasteiger partial charge is 0.307 e. The minimum Gasteiger partial charge on any atom is -0.461 e. The Morgan fingerprint density at radius 3 is 2.48 bits per heavy atom. The van der Waals surface area contributed by atoms with Crippen molar-refractivity contribution in [1.29, 1.82) is 0 Å². The van der Waals surface area contributed by atoms with Crippen LogP contribution in [0.25, 0.3) is 0 Å². The zero-order chi connectivity index (χ0) is 16.7. The molecule has 6 heteroatoms. The number of hydrogen-bond acceptors (Lipinski definition) is 3. The maximum absolute atomic E-state index is 13.4. The van der Waals surface area contributed by atoms with Gasteiger partial charge in [-0.15, -0.1) is 0 Å². The largest absolute Gasteiger partial charge is 0.461 e. The molecule has 23 heavy (non-hydrogen) atoms. The van der Waals surface area contributed by atoms with Crippen molar-refractivity contribution in [2.75, 3.05) is 6.54 Å². The summed E-state index contributed by atoms with van der Waals surface area (Å²) < 4.78 is 19.2. The highest BCUT2D eigenvalue weighted by Crippen LogP contribution is 2.10. The second kappa shape index (κ2) is 8.43. The average molecular weight is 380 g/mol. The molecule has 2 rings (SSSR count). The van der Waals surface area contributed by atoms with Gasteiger partial charge in [-0.2, -0.15) is 0 Å². The second-order valence-electron chi connectivity index (χ2n) is 4.76. The fraction of sp³-hybridized carbons (Fsp3) is 0.176. The van der Waals surface area contributed by atoms with Gasteiger partial charge in [-0.25, -0.2) is 4.39 Å². The Morgan fingerprint density at radius 2 is 1.78 bits per heavy atom. The molecule has 0 aliphatic heterocycles. The van der Waals surface area contributed by atoms with Crippen molar-refractivity contribution >= 4 is 27.8 Å². The van der Waals surface area contributed by atoms with E-state index in [0.29, 0.717) is 11.1 Å². The molecule has 2 aromatic rings. The van der Waals surface area contributed by atoms with E-state index in [1.165, 1.54) is 6.07 Å². The molecule has 0 aromatic heterocycles. The van der Waals surface area contributed by atoms with E-state index in [-0.39, 0.29) is 25.5 Å². The van der Waals surface area contributed by atoms with Crippen LogP contribution in [0, 0.1) is 5.82 Å². The maximum atomic E-state index is 13.4. The molecule has 0 saturated heterocycles. The molecule has 0 fully saturated rings.